The fourth-order valence-corrected chi connectivity index (χ4v) is 9.33. The van der Waals surface area contributed by atoms with Crippen LogP contribution in [0, 0.1) is 0 Å². The second-order valence-corrected chi connectivity index (χ2v) is 13.1. The molecule has 0 bridgehead atoms. The zero-order chi connectivity index (χ0) is 20.5. The fourth-order valence-electron chi connectivity index (χ4n) is 2.55. The van der Waals surface area contributed by atoms with Crippen LogP contribution in [0.15, 0.2) is 0 Å². The topological polar surface area (TPSA) is 268 Å². The van der Waals surface area contributed by atoms with E-state index < -0.39 is 53.9 Å². The summed E-state index contributed by atoms with van der Waals surface area (Å²) in [6.07, 6.45) is -1.38. The fraction of sp³-hybridized carbons (Fsp3) is 1.00. The molecular formula is C8H26N2O12P4. The molecule has 0 unspecified atom stereocenters. The van der Waals surface area contributed by atoms with Crippen molar-refractivity contribution in [1.29, 1.82) is 0 Å². The molecule has 0 aromatic rings. The normalized spacial score (nSPS) is 14.6. The molecule has 0 fully saturated rings. The van der Waals surface area contributed by atoms with Gasteiger partial charge in [-0.2, -0.15) is 0 Å². The van der Waals surface area contributed by atoms with E-state index in [0.29, 0.717) is 0 Å². The van der Waals surface area contributed by atoms with Gasteiger partial charge in [-0.3, -0.25) is 23.2 Å². The molecule has 0 rings (SSSR count). The minimum atomic E-state index is -5.85. The van der Waals surface area contributed by atoms with E-state index in [1.807, 2.05) is 0 Å². The van der Waals surface area contributed by atoms with Crippen LogP contribution in [0.1, 0.15) is 33.1 Å². The Bertz CT molecular complexity index is 602. The summed E-state index contributed by atoms with van der Waals surface area (Å²) in [6.45, 7) is 1.82. The van der Waals surface area contributed by atoms with Gasteiger partial charge in [-0.15, -0.1) is 0 Å². The van der Waals surface area contributed by atoms with Crippen molar-refractivity contribution in [3.63, 3.8) is 0 Å². The minimum Gasteiger partial charge on any atom is -0.344 e. The van der Waals surface area contributed by atoms with E-state index in [9.17, 15) is 57.4 Å². The predicted molar refractivity (Wildman–Crippen MR) is 91.6 cm³/mol. The summed E-state index contributed by atoms with van der Waals surface area (Å²) in [4.78, 5) is 75.9. The maximum Gasteiger partial charge on any atom is 0.358 e. The lowest BCUT2D eigenvalue weighted by molar-refractivity contribution is 0.135. The minimum absolute atomic E-state index is 0. The highest BCUT2D eigenvalue weighted by Gasteiger charge is 2.68. The summed E-state index contributed by atoms with van der Waals surface area (Å²) < 4.78 is 47.3. The molecule has 0 saturated carbocycles. The number of rotatable bonds is 10. The molecule has 0 aliphatic rings. The molecule has 0 radical (unpaired) electrons. The Balaban J connectivity index is 0. The van der Waals surface area contributed by atoms with E-state index in [1.54, 1.807) is 0 Å². The van der Waals surface area contributed by atoms with Crippen LogP contribution in [0.4, 0.5) is 0 Å². The summed E-state index contributed by atoms with van der Waals surface area (Å²) in [6, 6.07) is 0. The first kappa shape index (κ1) is 28.7. The van der Waals surface area contributed by atoms with Crippen LogP contribution in [0.5, 0.6) is 0 Å². The molecule has 0 amide bonds. The SMILES string of the molecule is CCCN(C(P(=O)(O)O)P(=O)(O)O)C(CCC)(P(=O)(O)O)P(=O)(O)O.N. The number of hydrogen-bond donors (Lipinski definition) is 9. The van der Waals surface area contributed by atoms with Crippen LogP contribution in [0.3, 0.4) is 0 Å². The van der Waals surface area contributed by atoms with Gasteiger partial charge in [0.2, 0.25) is 10.5 Å². The molecule has 0 aliphatic carbocycles. The molecule has 0 atom stereocenters. The Kier molecular flexibility index (Phi) is 10.3. The molecule has 14 nitrogen and oxygen atoms in total. The van der Waals surface area contributed by atoms with E-state index in [-0.39, 0.29) is 23.9 Å². The zero-order valence-electron chi connectivity index (χ0n) is 14.1. The van der Waals surface area contributed by atoms with Crippen molar-refractivity contribution in [3.05, 3.63) is 0 Å². The molecule has 11 N–H and O–H groups in total. The smallest absolute Gasteiger partial charge is 0.344 e. The van der Waals surface area contributed by atoms with Crippen molar-refractivity contribution in [1.82, 2.24) is 11.1 Å². The first-order valence-electron chi connectivity index (χ1n) is 6.86. The van der Waals surface area contributed by atoms with Gasteiger partial charge in [0.1, 0.15) is 0 Å². The van der Waals surface area contributed by atoms with Crippen LogP contribution in [-0.2, 0) is 18.3 Å². The highest BCUT2D eigenvalue weighted by atomic mass is 31.2. The van der Waals surface area contributed by atoms with Gasteiger partial charge in [-0.05, 0) is 12.8 Å². The average molecular weight is 466 g/mol. The Morgan fingerprint density at radius 2 is 1.12 bits per heavy atom. The highest BCUT2D eigenvalue weighted by molar-refractivity contribution is 7.73. The summed E-state index contributed by atoms with van der Waals surface area (Å²) in [5, 5.41) is -3.49. The van der Waals surface area contributed by atoms with Crippen LogP contribution in [0.2, 0.25) is 0 Å². The molecular weight excluding hydrogens is 440 g/mol. The van der Waals surface area contributed by atoms with Gasteiger partial charge in [-0.25, -0.2) is 0 Å². The number of nitrogens with zero attached hydrogens (tertiary/aromatic N) is 1. The summed E-state index contributed by atoms with van der Waals surface area (Å²) in [5.41, 5.74) is -3.12. The number of hydrogen-bond acceptors (Lipinski definition) is 6. The quantitative estimate of drug-likeness (QED) is 0.196. The van der Waals surface area contributed by atoms with Gasteiger partial charge in [0.25, 0.3) is 0 Å². The van der Waals surface area contributed by atoms with E-state index in [0.717, 1.165) is 0 Å². The van der Waals surface area contributed by atoms with Crippen molar-refractivity contribution >= 4 is 30.4 Å². The maximum atomic E-state index is 12.0. The van der Waals surface area contributed by atoms with E-state index in [1.165, 1.54) is 13.8 Å². The van der Waals surface area contributed by atoms with Crippen molar-refractivity contribution in [3.8, 4) is 0 Å². The molecule has 0 heterocycles. The first-order chi connectivity index (χ1) is 10.9. The van der Waals surface area contributed by atoms with Crippen molar-refractivity contribution in [2.45, 2.75) is 43.7 Å². The molecule has 0 saturated heterocycles. The molecule has 160 valence electrons. The van der Waals surface area contributed by atoms with Gasteiger partial charge >= 0.3 is 30.4 Å². The third-order valence-corrected chi connectivity index (χ3v) is 11.3. The monoisotopic (exact) mass is 466 g/mol. The van der Waals surface area contributed by atoms with Gasteiger partial charge in [0.05, 0.1) is 0 Å². The molecule has 0 spiro atoms. The lowest BCUT2D eigenvalue weighted by Gasteiger charge is -2.46. The lowest BCUT2D eigenvalue weighted by Crippen LogP contribution is -2.53. The van der Waals surface area contributed by atoms with Gasteiger partial charge in [0.15, 0.2) is 0 Å². The Morgan fingerprint density at radius 1 is 0.769 bits per heavy atom. The second kappa shape index (κ2) is 9.35. The molecule has 0 aromatic heterocycles. The predicted octanol–water partition coefficient (Wildman–Crippen LogP) is 0.309. The standard InChI is InChI=1S/C8H23NO12P4.H3N/c1-3-5-8(24(16,17)18,25(19,20)21)9(6-4-2)7(22(10,11)12)23(13,14)15;/h7H,3-6H2,1-2H3,(H2,10,11,12)(H2,13,14,15)(H2,16,17,18)(H2,19,20,21);1H3. The zero-order valence-corrected chi connectivity index (χ0v) is 17.6. The maximum absolute atomic E-state index is 12.0. The van der Waals surface area contributed by atoms with Gasteiger partial charge in [0, 0.05) is 6.54 Å². The third kappa shape index (κ3) is 6.01. The molecule has 18 heteroatoms. The van der Waals surface area contributed by atoms with Crippen LogP contribution in [-0.4, -0.2) is 61.1 Å². The molecule has 0 aromatic carbocycles. The summed E-state index contributed by atoms with van der Waals surface area (Å²) in [5.74, 6) is 0. The van der Waals surface area contributed by atoms with Crippen molar-refractivity contribution in [2.24, 2.45) is 0 Å². The van der Waals surface area contributed by atoms with Crippen LogP contribution < -0.4 is 6.15 Å². The van der Waals surface area contributed by atoms with Crippen LogP contribution in [0.25, 0.3) is 0 Å². The Morgan fingerprint density at radius 3 is 1.31 bits per heavy atom. The van der Waals surface area contributed by atoms with E-state index in [4.69, 9.17) is 0 Å². The van der Waals surface area contributed by atoms with E-state index >= 15 is 0 Å². The van der Waals surface area contributed by atoms with Gasteiger partial charge in [-0.1, -0.05) is 20.3 Å². The van der Waals surface area contributed by atoms with E-state index in [2.05, 4.69) is 0 Å². The largest absolute Gasteiger partial charge is 0.358 e. The lowest BCUT2D eigenvalue weighted by atomic mass is 10.3. The first-order valence-corrected chi connectivity index (χ1v) is 13.4. The van der Waals surface area contributed by atoms with Crippen LogP contribution >= 0.6 is 30.4 Å². The Labute approximate surface area is 149 Å². The third-order valence-electron chi connectivity index (χ3n) is 3.32. The summed E-state index contributed by atoms with van der Waals surface area (Å²) in [7, 11) is -23.2. The summed E-state index contributed by atoms with van der Waals surface area (Å²) >= 11 is 0. The highest BCUT2D eigenvalue weighted by Crippen LogP contribution is 2.76. The second-order valence-electron chi connectivity index (χ2n) is 5.33. The van der Waals surface area contributed by atoms with Crippen molar-refractivity contribution in [2.75, 3.05) is 6.54 Å². The average Bonchev–Trinajstić information content (AvgIpc) is 2.28. The van der Waals surface area contributed by atoms with Gasteiger partial charge < -0.3 is 45.3 Å². The molecule has 26 heavy (non-hydrogen) atoms. The Hall–Kier alpha value is 0.520. The molecule has 0 aliphatic heterocycles. The van der Waals surface area contributed by atoms with Crippen molar-refractivity contribution < 1.29 is 57.4 Å².